The first-order valence-electron chi connectivity index (χ1n) is 5.22. The summed E-state index contributed by atoms with van der Waals surface area (Å²) in [6.45, 7) is 0. The second kappa shape index (κ2) is 4.35. The Morgan fingerprint density at radius 2 is 1.81 bits per heavy atom. The Balaban J connectivity index is 1.99. The quantitative estimate of drug-likeness (QED) is 0.625. The molecule has 0 bridgehead atoms. The van der Waals surface area contributed by atoms with Gasteiger partial charge in [-0.1, -0.05) is 6.42 Å². The topological polar surface area (TPSA) is 63.6 Å². The van der Waals surface area contributed by atoms with Gasteiger partial charge >= 0.3 is 11.9 Å². The van der Waals surface area contributed by atoms with Gasteiger partial charge in [0.2, 0.25) is 0 Å². The van der Waals surface area contributed by atoms with Crippen molar-refractivity contribution in [2.45, 2.75) is 19.3 Å². The number of rotatable bonds is 3. The Bertz CT molecular complexity index is 404. The van der Waals surface area contributed by atoms with E-state index in [9.17, 15) is 9.59 Å². The Kier molecular flexibility index (Phi) is 2.90. The highest BCUT2D eigenvalue weighted by Gasteiger charge is 2.27. The Hall–Kier alpha value is -1.84. The molecular weight excluding hydrogens is 208 g/mol. The van der Waals surface area contributed by atoms with Crippen LogP contribution in [0.4, 0.5) is 0 Å². The summed E-state index contributed by atoms with van der Waals surface area (Å²) in [6, 6.07) is 5.84. The third-order valence-corrected chi connectivity index (χ3v) is 2.76. The second-order valence-corrected chi connectivity index (χ2v) is 3.88. The van der Waals surface area contributed by atoms with Gasteiger partial charge in [0.05, 0.1) is 11.5 Å². The van der Waals surface area contributed by atoms with Crippen molar-refractivity contribution < 1.29 is 19.4 Å². The molecule has 0 aliphatic heterocycles. The number of benzene rings is 1. The summed E-state index contributed by atoms with van der Waals surface area (Å²) in [4.78, 5) is 22.1. The molecule has 1 N–H and O–H groups in total. The molecule has 0 aromatic heterocycles. The van der Waals surface area contributed by atoms with E-state index in [1.165, 1.54) is 24.3 Å². The first-order valence-corrected chi connectivity index (χ1v) is 5.22. The fourth-order valence-electron chi connectivity index (χ4n) is 1.51. The van der Waals surface area contributed by atoms with Gasteiger partial charge in [0.1, 0.15) is 5.75 Å². The molecule has 1 fully saturated rings. The molecule has 1 aliphatic rings. The summed E-state index contributed by atoms with van der Waals surface area (Å²) >= 11 is 0. The Labute approximate surface area is 92.8 Å². The van der Waals surface area contributed by atoms with Crippen LogP contribution in [0.15, 0.2) is 24.3 Å². The molecule has 0 atom stereocenters. The zero-order valence-electron chi connectivity index (χ0n) is 8.68. The van der Waals surface area contributed by atoms with Gasteiger partial charge in [-0.2, -0.15) is 0 Å². The molecule has 1 aliphatic carbocycles. The molecule has 1 aromatic carbocycles. The molecule has 0 radical (unpaired) electrons. The first-order chi connectivity index (χ1) is 7.66. The maximum atomic E-state index is 11.5. The Morgan fingerprint density at radius 3 is 2.25 bits per heavy atom. The number of hydrogen-bond acceptors (Lipinski definition) is 3. The summed E-state index contributed by atoms with van der Waals surface area (Å²) in [5.74, 6) is -0.771. The maximum Gasteiger partial charge on any atom is 0.335 e. The van der Waals surface area contributed by atoms with Gasteiger partial charge in [0, 0.05) is 0 Å². The highest BCUT2D eigenvalue weighted by Crippen LogP contribution is 2.28. The van der Waals surface area contributed by atoms with Crippen LogP contribution in [0.3, 0.4) is 0 Å². The SMILES string of the molecule is O=C(O)c1ccc(OC(=O)C2CCC2)cc1. The highest BCUT2D eigenvalue weighted by molar-refractivity contribution is 5.87. The Morgan fingerprint density at radius 1 is 1.19 bits per heavy atom. The zero-order valence-corrected chi connectivity index (χ0v) is 8.68. The lowest BCUT2D eigenvalue weighted by atomic mass is 9.86. The number of carboxylic acids is 1. The van der Waals surface area contributed by atoms with E-state index in [2.05, 4.69) is 0 Å². The highest BCUT2D eigenvalue weighted by atomic mass is 16.5. The van der Waals surface area contributed by atoms with Crippen molar-refractivity contribution in [3.05, 3.63) is 29.8 Å². The van der Waals surface area contributed by atoms with Gasteiger partial charge in [0.25, 0.3) is 0 Å². The minimum absolute atomic E-state index is 0.0270. The maximum absolute atomic E-state index is 11.5. The average Bonchev–Trinajstić information content (AvgIpc) is 2.15. The number of ether oxygens (including phenoxy) is 1. The zero-order chi connectivity index (χ0) is 11.5. The van der Waals surface area contributed by atoms with Crippen LogP contribution in [-0.4, -0.2) is 17.0 Å². The number of carboxylic acid groups (broad SMARTS) is 1. The minimum atomic E-state index is -0.989. The van der Waals surface area contributed by atoms with E-state index in [-0.39, 0.29) is 17.5 Å². The number of esters is 1. The lowest BCUT2D eigenvalue weighted by Gasteiger charge is -2.22. The van der Waals surface area contributed by atoms with E-state index < -0.39 is 5.97 Å². The van der Waals surface area contributed by atoms with Crippen molar-refractivity contribution in [1.82, 2.24) is 0 Å². The molecule has 84 valence electrons. The van der Waals surface area contributed by atoms with E-state index in [4.69, 9.17) is 9.84 Å². The van der Waals surface area contributed by atoms with E-state index >= 15 is 0 Å². The molecule has 1 aromatic rings. The molecule has 0 spiro atoms. The fraction of sp³-hybridized carbons (Fsp3) is 0.333. The number of hydrogen-bond donors (Lipinski definition) is 1. The standard InChI is InChI=1S/C12H12O4/c13-11(14)8-4-6-10(7-5-8)16-12(15)9-2-1-3-9/h4-7,9H,1-3H2,(H,13,14). The van der Waals surface area contributed by atoms with E-state index in [1.54, 1.807) is 0 Å². The second-order valence-electron chi connectivity index (χ2n) is 3.88. The summed E-state index contributed by atoms with van der Waals surface area (Å²) in [5, 5.41) is 8.69. The smallest absolute Gasteiger partial charge is 0.335 e. The van der Waals surface area contributed by atoms with Gasteiger partial charge in [-0.3, -0.25) is 4.79 Å². The van der Waals surface area contributed by atoms with E-state index in [0.717, 1.165) is 19.3 Å². The van der Waals surface area contributed by atoms with Crippen LogP contribution in [0.1, 0.15) is 29.6 Å². The van der Waals surface area contributed by atoms with Gasteiger partial charge in [-0.15, -0.1) is 0 Å². The normalized spacial score (nSPS) is 15.2. The van der Waals surface area contributed by atoms with Crippen LogP contribution in [0.25, 0.3) is 0 Å². The molecule has 1 saturated carbocycles. The van der Waals surface area contributed by atoms with Crippen molar-refractivity contribution in [2.24, 2.45) is 5.92 Å². The molecule has 0 saturated heterocycles. The lowest BCUT2D eigenvalue weighted by Crippen LogP contribution is -2.26. The molecule has 0 unspecified atom stereocenters. The van der Waals surface area contributed by atoms with E-state index in [1.807, 2.05) is 0 Å². The lowest BCUT2D eigenvalue weighted by molar-refractivity contribution is -0.141. The summed E-state index contributed by atoms with van der Waals surface area (Å²) in [7, 11) is 0. The summed E-state index contributed by atoms with van der Waals surface area (Å²) in [5.41, 5.74) is 0.184. The minimum Gasteiger partial charge on any atom is -0.478 e. The molecule has 4 heteroatoms. The molecule has 0 amide bonds. The molecule has 4 nitrogen and oxygen atoms in total. The van der Waals surface area contributed by atoms with E-state index in [0.29, 0.717) is 5.75 Å². The summed E-state index contributed by atoms with van der Waals surface area (Å²) < 4.78 is 5.12. The van der Waals surface area contributed by atoms with Crippen LogP contribution in [0.5, 0.6) is 5.75 Å². The van der Waals surface area contributed by atoms with Gasteiger partial charge in [-0.25, -0.2) is 4.79 Å². The molecule has 2 rings (SSSR count). The number of carbonyl (C=O) groups is 2. The van der Waals surface area contributed by atoms with Crippen molar-refractivity contribution in [3.63, 3.8) is 0 Å². The monoisotopic (exact) mass is 220 g/mol. The van der Waals surface area contributed by atoms with Crippen LogP contribution in [0, 0.1) is 5.92 Å². The first kappa shape index (κ1) is 10.7. The predicted octanol–water partition coefficient (Wildman–Crippen LogP) is 2.09. The van der Waals surface area contributed by atoms with Crippen molar-refractivity contribution in [3.8, 4) is 5.75 Å². The van der Waals surface area contributed by atoms with Crippen molar-refractivity contribution in [1.29, 1.82) is 0 Å². The van der Waals surface area contributed by atoms with Crippen LogP contribution < -0.4 is 4.74 Å². The third-order valence-electron chi connectivity index (χ3n) is 2.76. The predicted molar refractivity (Wildman–Crippen MR) is 56.4 cm³/mol. The molecule has 0 heterocycles. The third kappa shape index (κ3) is 2.21. The van der Waals surface area contributed by atoms with Gasteiger partial charge in [-0.05, 0) is 37.1 Å². The number of aromatic carboxylic acids is 1. The van der Waals surface area contributed by atoms with Gasteiger partial charge in [0.15, 0.2) is 0 Å². The van der Waals surface area contributed by atoms with Gasteiger partial charge < -0.3 is 9.84 Å². The molecular formula is C12H12O4. The number of carbonyl (C=O) groups excluding carboxylic acids is 1. The van der Waals surface area contributed by atoms with Crippen LogP contribution in [-0.2, 0) is 4.79 Å². The molecule has 16 heavy (non-hydrogen) atoms. The van der Waals surface area contributed by atoms with Crippen LogP contribution >= 0.6 is 0 Å². The van der Waals surface area contributed by atoms with Crippen LogP contribution in [0.2, 0.25) is 0 Å². The fourth-order valence-corrected chi connectivity index (χ4v) is 1.51. The average molecular weight is 220 g/mol. The summed E-state index contributed by atoms with van der Waals surface area (Å²) in [6.07, 6.45) is 2.87. The van der Waals surface area contributed by atoms with Crippen molar-refractivity contribution >= 4 is 11.9 Å². The largest absolute Gasteiger partial charge is 0.478 e. The van der Waals surface area contributed by atoms with Crippen molar-refractivity contribution in [2.75, 3.05) is 0 Å².